The van der Waals surface area contributed by atoms with Gasteiger partial charge in [-0.05, 0) is 0 Å². The van der Waals surface area contributed by atoms with Crippen molar-refractivity contribution < 1.29 is 43.7 Å². The molecule has 2 atom stereocenters. The lowest BCUT2D eigenvalue weighted by Gasteiger charge is -1.98. The molecule has 1 N–H and O–H groups in total. The number of hydrogen-bond donors (Lipinski definition) is 1. The summed E-state index contributed by atoms with van der Waals surface area (Å²) < 4.78 is 104. The molecule has 15 heavy (non-hydrogen) atoms. The van der Waals surface area contributed by atoms with Gasteiger partial charge >= 0.3 is 27.7 Å². The van der Waals surface area contributed by atoms with Gasteiger partial charge in [-0.25, -0.2) is 8.78 Å². The fourth-order valence-corrected chi connectivity index (χ4v) is 1.41. The lowest BCUT2D eigenvalue weighted by atomic mass is 10.8. The zero-order valence-corrected chi connectivity index (χ0v) is 7.29. The van der Waals surface area contributed by atoms with Gasteiger partial charge in [0.25, 0.3) is 0 Å². The Morgan fingerprint density at radius 3 is 1.33 bits per heavy atom. The van der Waals surface area contributed by atoms with Crippen LogP contribution in [0.3, 0.4) is 0 Å². The van der Waals surface area contributed by atoms with E-state index in [9.17, 15) is 39.2 Å². The molecule has 1 aliphatic rings. The van der Waals surface area contributed by atoms with Gasteiger partial charge in [-0.3, -0.25) is 4.55 Å². The highest BCUT2D eigenvalue weighted by molar-refractivity contribution is 7.87. The molecule has 1 aliphatic carbocycles. The molecule has 92 valence electrons. The van der Waals surface area contributed by atoms with E-state index >= 15 is 0 Å². The van der Waals surface area contributed by atoms with E-state index in [2.05, 4.69) is 0 Å². The molecule has 0 heterocycles. The predicted molar refractivity (Wildman–Crippen MR) is 32.3 cm³/mol. The second-order valence-corrected chi connectivity index (χ2v) is 3.90. The molecule has 0 aromatic carbocycles. The van der Waals surface area contributed by atoms with Crippen molar-refractivity contribution in [3.63, 3.8) is 0 Å². The van der Waals surface area contributed by atoms with Gasteiger partial charge in [-0.15, -0.1) is 0 Å². The summed E-state index contributed by atoms with van der Waals surface area (Å²) in [5.74, 6) is -4.62. The third-order valence-corrected chi connectivity index (χ3v) is 2.62. The number of hydrogen-bond acceptors (Lipinski definition) is 2. The Labute approximate surface area is 78.6 Å². The maximum Gasteiger partial charge on any atom is 0.379 e. The molecule has 0 aromatic rings. The first-order valence-electron chi connectivity index (χ1n) is 2.99. The van der Waals surface area contributed by atoms with Crippen LogP contribution in [-0.2, 0) is 10.1 Å². The first-order chi connectivity index (χ1) is 6.39. The van der Waals surface area contributed by atoms with E-state index < -0.39 is 33.9 Å². The average molecular weight is 264 g/mol. The summed E-state index contributed by atoms with van der Waals surface area (Å²) in [4.78, 5) is 0. The van der Waals surface area contributed by atoms with E-state index in [4.69, 9.17) is 4.55 Å². The Kier molecular flexibility index (Phi) is 3.63. The smallest absolute Gasteiger partial charge is 0.283 e. The van der Waals surface area contributed by atoms with Gasteiger partial charge in [0.2, 0.25) is 6.17 Å². The molecular formula is C4H3F7O3S. The van der Waals surface area contributed by atoms with Gasteiger partial charge < -0.3 is 0 Å². The largest absolute Gasteiger partial charge is 0.379 e. The van der Waals surface area contributed by atoms with Crippen LogP contribution in [0.25, 0.3) is 0 Å². The maximum absolute atomic E-state index is 12.2. The molecule has 0 aliphatic heterocycles. The van der Waals surface area contributed by atoms with Crippen molar-refractivity contribution in [2.75, 3.05) is 0 Å². The highest BCUT2D eigenvalue weighted by atomic mass is 32.2. The summed E-state index contributed by atoms with van der Waals surface area (Å²) in [6.07, 6.45) is -3.47. The molecule has 0 saturated heterocycles. The Hall–Kier alpha value is -0.580. The van der Waals surface area contributed by atoms with Crippen molar-refractivity contribution in [2.45, 2.75) is 23.8 Å². The molecule has 0 radical (unpaired) electrons. The summed E-state index contributed by atoms with van der Waals surface area (Å²) in [5, 5.41) is -4.43. The molecule has 1 rings (SSSR count). The van der Waals surface area contributed by atoms with Crippen molar-refractivity contribution in [2.24, 2.45) is 0 Å². The second kappa shape index (κ2) is 3.77. The second-order valence-electron chi connectivity index (χ2n) is 2.35. The van der Waals surface area contributed by atoms with Crippen LogP contribution in [0.5, 0.6) is 0 Å². The minimum Gasteiger partial charge on any atom is -0.283 e. The monoisotopic (exact) mass is 264 g/mol. The van der Waals surface area contributed by atoms with Gasteiger partial charge in [-0.2, -0.15) is 30.4 Å². The summed E-state index contributed by atoms with van der Waals surface area (Å²) in [6, 6.07) is 0. The highest BCUT2D eigenvalue weighted by Gasteiger charge is 2.92. The number of alkyl halides is 7. The van der Waals surface area contributed by atoms with Gasteiger partial charge in [-0.1, -0.05) is 0 Å². The van der Waals surface area contributed by atoms with Crippen LogP contribution >= 0.6 is 0 Å². The summed E-state index contributed by atoms with van der Waals surface area (Å²) >= 11 is 0. The molecular weight excluding hydrogens is 261 g/mol. The highest BCUT2D eigenvalue weighted by Crippen LogP contribution is 2.60. The average Bonchev–Trinajstić information content (AvgIpc) is 2.33. The number of halogens is 7. The summed E-state index contributed by atoms with van der Waals surface area (Å²) in [6.45, 7) is -3.67. The molecule has 1 saturated carbocycles. The van der Waals surface area contributed by atoms with Crippen molar-refractivity contribution in [1.82, 2.24) is 0 Å². The summed E-state index contributed by atoms with van der Waals surface area (Å²) in [7, 11) is -5.68. The zero-order valence-electron chi connectivity index (χ0n) is 6.47. The fourth-order valence-electron chi connectivity index (χ4n) is 0.615. The molecule has 0 spiro atoms. The normalized spacial score (nSPS) is 33.3. The minimum absolute atomic E-state index is 3.47. The lowest BCUT2D eigenvalue weighted by Crippen LogP contribution is -2.24. The SMILES string of the molecule is FC(F)F.O=S(=O)(O)C1(F)C(F)C1(F)F. The van der Waals surface area contributed by atoms with Crippen LogP contribution in [0.15, 0.2) is 0 Å². The third-order valence-electron chi connectivity index (χ3n) is 1.39. The van der Waals surface area contributed by atoms with E-state index in [1.807, 2.05) is 0 Å². The van der Waals surface area contributed by atoms with E-state index in [1.165, 1.54) is 0 Å². The Bertz CT molecular complexity index is 324. The molecule has 11 heteroatoms. The van der Waals surface area contributed by atoms with Crippen LogP contribution in [0.4, 0.5) is 30.7 Å². The van der Waals surface area contributed by atoms with Crippen LogP contribution in [-0.4, -0.2) is 36.7 Å². The van der Waals surface area contributed by atoms with Crippen LogP contribution in [0.2, 0.25) is 0 Å². The number of rotatable bonds is 1. The quantitative estimate of drug-likeness (QED) is 0.579. The molecule has 2 unspecified atom stereocenters. The van der Waals surface area contributed by atoms with Gasteiger partial charge in [0.15, 0.2) is 0 Å². The Morgan fingerprint density at radius 2 is 1.33 bits per heavy atom. The maximum atomic E-state index is 12.2. The lowest BCUT2D eigenvalue weighted by molar-refractivity contribution is 0.00818. The van der Waals surface area contributed by atoms with Gasteiger partial charge in [0, 0.05) is 0 Å². The zero-order chi connectivity index (χ0) is 12.7. The van der Waals surface area contributed by atoms with Gasteiger partial charge in [0.05, 0.1) is 0 Å². The molecule has 1 fully saturated rings. The van der Waals surface area contributed by atoms with Crippen molar-refractivity contribution in [1.29, 1.82) is 0 Å². The van der Waals surface area contributed by atoms with E-state index in [0.717, 1.165) is 0 Å². The van der Waals surface area contributed by atoms with E-state index in [1.54, 1.807) is 0 Å². The molecule has 0 bridgehead atoms. The summed E-state index contributed by atoms with van der Waals surface area (Å²) in [5.41, 5.74) is 0. The molecule has 3 nitrogen and oxygen atoms in total. The fraction of sp³-hybridized carbons (Fsp3) is 1.00. The van der Waals surface area contributed by atoms with Crippen LogP contribution < -0.4 is 0 Å². The molecule has 0 aromatic heterocycles. The minimum atomic E-state index is -5.68. The Balaban J connectivity index is 0.000000423. The predicted octanol–water partition coefficient (Wildman–Crippen LogP) is 1.71. The van der Waals surface area contributed by atoms with Crippen LogP contribution in [0.1, 0.15) is 0 Å². The van der Waals surface area contributed by atoms with E-state index in [-0.39, 0.29) is 0 Å². The van der Waals surface area contributed by atoms with E-state index in [0.29, 0.717) is 0 Å². The van der Waals surface area contributed by atoms with Crippen molar-refractivity contribution >= 4 is 10.1 Å². The van der Waals surface area contributed by atoms with Crippen LogP contribution in [0, 0.1) is 0 Å². The first-order valence-corrected chi connectivity index (χ1v) is 4.43. The standard InChI is InChI=1S/C3H2F4O3S.CHF3/c4-1-2(5,6)3(1,7)11(8,9)10;2-1(3)4/h1H,(H,8,9,10);1H. The third kappa shape index (κ3) is 2.33. The first kappa shape index (κ1) is 14.4. The van der Waals surface area contributed by atoms with Crippen molar-refractivity contribution in [3.8, 4) is 0 Å². The van der Waals surface area contributed by atoms with Crippen molar-refractivity contribution in [3.05, 3.63) is 0 Å². The topological polar surface area (TPSA) is 54.4 Å². The molecule has 0 amide bonds. The van der Waals surface area contributed by atoms with Gasteiger partial charge in [0.1, 0.15) is 0 Å². The Morgan fingerprint density at radius 1 is 1.13 bits per heavy atom.